The summed E-state index contributed by atoms with van der Waals surface area (Å²) in [6.07, 6.45) is 4.86. The highest BCUT2D eigenvalue weighted by Crippen LogP contribution is 2.46. The van der Waals surface area contributed by atoms with Crippen LogP contribution in [0, 0.1) is 0 Å². The summed E-state index contributed by atoms with van der Waals surface area (Å²) in [5.74, 6) is 1.49. The van der Waals surface area contributed by atoms with Crippen molar-refractivity contribution in [3.63, 3.8) is 0 Å². The lowest BCUT2D eigenvalue weighted by Crippen LogP contribution is -2.45. The van der Waals surface area contributed by atoms with E-state index < -0.39 is 0 Å². The number of carbonyl (C=O) groups excluding carboxylic acids is 1. The molecule has 1 aliphatic heterocycles. The number of rotatable bonds is 14. The third-order valence-corrected chi connectivity index (χ3v) is 7.50. The standard InChI is InChI=1S/C29H37Cl2N7O4/c1-6-23(39)35-19-14-42-15-20(19)37-29-34-13-17-11-18(24-25(30)21(40-4)12-22(41-5)26(24)31)36-28(27(17)38-29)33-10-8-7-9-32-16(2)3/h6,11-13,16,19-20,32H,1,7-10,14-15H2,2-5H3,(H,33,36)(H,35,39)(H,34,37,38)/t19-,20+/m0/s1. The number of halogens is 2. The van der Waals surface area contributed by atoms with E-state index in [1.165, 1.54) is 20.3 Å². The number of fused-ring (bicyclic) bond motifs is 1. The zero-order valence-corrected chi connectivity index (χ0v) is 25.7. The minimum absolute atomic E-state index is 0.217. The number of aromatic nitrogens is 3. The van der Waals surface area contributed by atoms with Gasteiger partial charge in [0.2, 0.25) is 11.9 Å². The Balaban J connectivity index is 1.69. The monoisotopic (exact) mass is 617 g/mol. The van der Waals surface area contributed by atoms with Gasteiger partial charge in [-0.25, -0.2) is 15.0 Å². The van der Waals surface area contributed by atoms with E-state index in [0.29, 0.717) is 75.9 Å². The van der Waals surface area contributed by atoms with Gasteiger partial charge in [-0.15, -0.1) is 0 Å². The lowest BCUT2D eigenvalue weighted by Gasteiger charge is -2.20. The van der Waals surface area contributed by atoms with Crippen molar-refractivity contribution in [3.8, 4) is 22.8 Å². The summed E-state index contributed by atoms with van der Waals surface area (Å²) < 4.78 is 16.5. The van der Waals surface area contributed by atoms with Crippen molar-refractivity contribution in [2.45, 2.75) is 44.8 Å². The van der Waals surface area contributed by atoms with Crippen LogP contribution in [0.15, 0.2) is 31.0 Å². The van der Waals surface area contributed by atoms with Crippen LogP contribution < -0.4 is 30.7 Å². The van der Waals surface area contributed by atoms with Gasteiger partial charge < -0.3 is 35.5 Å². The third-order valence-electron chi connectivity index (χ3n) is 6.75. The van der Waals surface area contributed by atoms with Gasteiger partial charge in [0.05, 0.1) is 55.3 Å². The molecule has 0 saturated carbocycles. The van der Waals surface area contributed by atoms with E-state index in [4.69, 9.17) is 47.4 Å². The van der Waals surface area contributed by atoms with Crippen molar-refractivity contribution < 1.29 is 19.0 Å². The number of hydrogen-bond donors (Lipinski definition) is 4. The number of anilines is 2. The highest BCUT2D eigenvalue weighted by molar-refractivity contribution is 6.41. The van der Waals surface area contributed by atoms with Gasteiger partial charge >= 0.3 is 0 Å². The molecular weight excluding hydrogens is 581 g/mol. The van der Waals surface area contributed by atoms with Crippen LogP contribution in [-0.4, -0.2) is 79.5 Å². The van der Waals surface area contributed by atoms with E-state index in [-0.39, 0.29) is 18.0 Å². The molecule has 1 amide bonds. The van der Waals surface area contributed by atoms with Crippen LogP contribution in [0.3, 0.4) is 0 Å². The Bertz CT molecular complexity index is 1390. The Morgan fingerprint density at radius 2 is 1.79 bits per heavy atom. The second-order valence-corrected chi connectivity index (χ2v) is 10.9. The van der Waals surface area contributed by atoms with Gasteiger partial charge in [0, 0.05) is 35.8 Å². The molecule has 11 nitrogen and oxygen atoms in total. The molecule has 42 heavy (non-hydrogen) atoms. The highest BCUT2D eigenvalue weighted by Gasteiger charge is 2.30. The summed E-state index contributed by atoms with van der Waals surface area (Å²) in [6.45, 7) is 10.1. The van der Waals surface area contributed by atoms with Crippen molar-refractivity contribution in [1.82, 2.24) is 25.6 Å². The second kappa shape index (κ2) is 14.7. The lowest BCUT2D eigenvalue weighted by molar-refractivity contribution is -0.117. The Morgan fingerprint density at radius 1 is 1.10 bits per heavy atom. The Hall–Kier alpha value is -3.38. The number of pyridine rings is 1. The lowest BCUT2D eigenvalue weighted by atomic mass is 10.1. The molecule has 0 spiro atoms. The van der Waals surface area contributed by atoms with Crippen molar-refractivity contribution in [2.75, 3.05) is 51.2 Å². The van der Waals surface area contributed by atoms with Crippen LogP contribution in [0.2, 0.25) is 10.0 Å². The van der Waals surface area contributed by atoms with E-state index in [1.807, 2.05) is 6.07 Å². The van der Waals surface area contributed by atoms with Gasteiger partial charge in [-0.05, 0) is 31.5 Å². The maximum absolute atomic E-state index is 11.9. The molecule has 0 unspecified atom stereocenters. The van der Waals surface area contributed by atoms with E-state index in [0.717, 1.165) is 24.8 Å². The number of benzene rings is 1. The quantitative estimate of drug-likeness (QED) is 0.149. The molecule has 0 radical (unpaired) electrons. The largest absolute Gasteiger partial charge is 0.495 e. The molecule has 226 valence electrons. The summed E-state index contributed by atoms with van der Waals surface area (Å²) in [5, 5.41) is 14.4. The molecule has 2 atom stereocenters. The first-order valence-corrected chi connectivity index (χ1v) is 14.5. The van der Waals surface area contributed by atoms with Crippen molar-refractivity contribution in [1.29, 1.82) is 0 Å². The summed E-state index contributed by atoms with van der Waals surface area (Å²) in [6, 6.07) is 3.43. The fraction of sp³-hybridized carbons (Fsp3) is 0.448. The van der Waals surface area contributed by atoms with Gasteiger partial charge in [0.1, 0.15) is 17.0 Å². The molecule has 4 rings (SSSR count). The minimum atomic E-state index is -0.268. The van der Waals surface area contributed by atoms with E-state index in [2.05, 4.69) is 46.7 Å². The summed E-state index contributed by atoms with van der Waals surface area (Å²) >= 11 is 13.5. The number of unbranched alkanes of at least 4 members (excludes halogenated alkanes) is 1. The van der Waals surface area contributed by atoms with Gasteiger partial charge in [-0.3, -0.25) is 4.79 Å². The first kappa shape index (κ1) is 31.6. The predicted molar refractivity (Wildman–Crippen MR) is 167 cm³/mol. The van der Waals surface area contributed by atoms with E-state index >= 15 is 0 Å². The normalized spacial score (nSPS) is 16.5. The SMILES string of the molecule is C=CC(=O)N[C@H]1COC[C@H]1Nc1ncc2cc(-c3c(Cl)c(OC)cc(OC)c3Cl)nc(NCCCCNC(C)C)c2n1. The minimum Gasteiger partial charge on any atom is -0.495 e. The molecule has 13 heteroatoms. The molecule has 3 heterocycles. The molecule has 0 bridgehead atoms. The molecule has 0 aliphatic carbocycles. The average molecular weight is 619 g/mol. The first-order valence-electron chi connectivity index (χ1n) is 13.8. The Morgan fingerprint density at radius 3 is 2.45 bits per heavy atom. The number of nitrogens with zero attached hydrogens (tertiary/aromatic N) is 3. The summed E-state index contributed by atoms with van der Waals surface area (Å²) in [4.78, 5) is 26.1. The van der Waals surface area contributed by atoms with Crippen molar-refractivity contribution in [3.05, 3.63) is 41.0 Å². The number of ether oxygens (including phenoxy) is 3. The van der Waals surface area contributed by atoms with E-state index in [1.54, 1.807) is 12.3 Å². The van der Waals surface area contributed by atoms with Crippen LogP contribution in [0.5, 0.6) is 11.5 Å². The molecule has 1 aliphatic rings. The molecule has 2 aromatic heterocycles. The maximum Gasteiger partial charge on any atom is 0.243 e. The number of hydrogen-bond acceptors (Lipinski definition) is 10. The number of nitrogens with one attached hydrogen (secondary N) is 4. The van der Waals surface area contributed by atoms with Gasteiger partial charge in [0.15, 0.2) is 5.82 Å². The number of carbonyl (C=O) groups is 1. The number of methoxy groups -OCH3 is 2. The average Bonchev–Trinajstić information content (AvgIpc) is 3.40. The number of amides is 1. The van der Waals surface area contributed by atoms with Gasteiger partial charge in [0.25, 0.3) is 0 Å². The van der Waals surface area contributed by atoms with Crippen LogP contribution in [0.1, 0.15) is 26.7 Å². The molecule has 3 aromatic rings. The summed E-state index contributed by atoms with van der Waals surface area (Å²) in [7, 11) is 3.05. The molecule has 1 saturated heterocycles. The summed E-state index contributed by atoms with van der Waals surface area (Å²) in [5.41, 5.74) is 1.61. The van der Waals surface area contributed by atoms with E-state index in [9.17, 15) is 4.79 Å². The van der Waals surface area contributed by atoms with Crippen LogP contribution in [0.4, 0.5) is 11.8 Å². The highest BCUT2D eigenvalue weighted by atomic mass is 35.5. The van der Waals surface area contributed by atoms with Crippen molar-refractivity contribution >= 4 is 51.8 Å². The fourth-order valence-electron chi connectivity index (χ4n) is 4.56. The van der Waals surface area contributed by atoms with Crippen LogP contribution >= 0.6 is 23.2 Å². The molecular formula is C29H37Cl2N7O4. The second-order valence-electron chi connectivity index (χ2n) is 10.1. The topological polar surface area (TPSA) is 132 Å². The third kappa shape index (κ3) is 7.52. The predicted octanol–water partition coefficient (Wildman–Crippen LogP) is 4.69. The zero-order chi connectivity index (χ0) is 30.2. The first-order chi connectivity index (χ1) is 20.2. The maximum atomic E-state index is 11.9. The van der Waals surface area contributed by atoms with Crippen molar-refractivity contribution in [2.24, 2.45) is 0 Å². The van der Waals surface area contributed by atoms with Gasteiger partial charge in [-0.1, -0.05) is 43.6 Å². The Labute approximate surface area is 255 Å². The molecule has 1 fully saturated rings. The molecule has 1 aromatic carbocycles. The smallest absolute Gasteiger partial charge is 0.243 e. The zero-order valence-electron chi connectivity index (χ0n) is 24.2. The van der Waals surface area contributed by atoms with Crippen LogP contribution in [-0.2, 0) is 9.53 Å². The fourth-order valence-corrected chi connectivity index (χ4v) is 5.26. The van der Waals surface area contributed by atoms with Gasteiger partial charge in [-0.2, -0.15) is 0 Å². The van der Waals surface area contributed by atoms with Crippen LogP contribution in [0.25, 0.3) is 22.2 Å². The Kier molecular flexibility index (Phi) is 11.0. The molecule has 4 N–H and O–H groups in total.